The summed E-state index contributed by atoms with van der Waals surface area (Å²) in [5, 5.41) is 23.1. The van der Waals surface area contributed by atoms with Gasteiger partial charge in [0.1, 0.15) is 23.7 Å². The lowest BCUT2D eigenvalue weighted by Gasteiger charge is -2.34. The van der Waals surface area contributed by atoms with Crippen LogP contribution in [-0.4, -0.2) is 50.4 Å². The van der Waals surface area contributed by atoms with Gasteiger partial charge in [0.15, 0.2) is 5.82 Å². The number of H-pyrrole nitrogens is 1. The van der Waals surface area contributed by atoms with Crippen molar-refractivity contribution >= 4 is 39.1 Å². The third-order valence-electron chi connectivity index (χ3n) is 7.39. The van der Waals surface area contributed by atoms with E-state index in [0.29, 0.717) is 28.9 Å². The third-order valence-corrected chi connectivity index (χ3v) is 7.69. The molecule has 38 heavy (non-hydrogen) atoms. The summed E-state index contributed by atoms with van der Waals surface area (Å²) in [7, 11) is 0. The Labute approximate surface area is 222 Å². The normalized spacial score (nSPS) is 18.9. The van der Waals surface area contributed by atoms with Crippen LogP contribution in [-0.2, 0) is 6.61 Å². The molecule has 0 spiro atoms. The van der Waals surface area contributed by atoms with E-state index in [4.69, 9.17) is 21.3 Å². The Balaban J connectivity index is 1.42. The zero-order valence-electron chi connectivity index (χ0n) is 20.3. The Bertz CT molecular complexity index is 1670. The van der Waals surface area contributed by atoms with Crippen LogP contribution in [0.15, 0.2) is 54.7 Å². The molecule has 2 fully saturated rings. The lowest BCUT2D eigenvalue weighted by atomic mass is 9.96. The molecular weight excluding hydrogens is 507 g/mol. The minimum atomic E-state index is -0.587. The molecule has 2 aromatic heterocycles. The second-order valence-corrected chi connectivity index (χ2v) is 10.3. The zero-order chi connectivity index (χ0) is 25.8. The predicted octanol–water partition coefficient (Wildman–Crippen LogP) is 5.19. The first-order valence-electron chi connectivity index (χ1n) is 12.6. The quantitative estimate of drug-likeness (QED) is 0.287. The molecular formula is C28H24ClFN6O2. The van der Waals surface area contributed by atoms with Gasteiger partial charge in [-0.3, -0.25) is 5.10 Å². The van der Waals surface area contributed by atoms with Crippen molar-refractivity contribution in [1.82, 2.24) is 25.5 Å². The van der Waals surface area contributed by atoms with Crippen molar-refractivity contribution in [1.29, 1.82) is 0 Å². The Morgan fingerprint density at radius 2 is 1.87 bits per heavy atom. The van der Waals surface area contributed by atoms with Crippen LogP contribution < -0.4 is 15.0 Å². The highest BCUT2D eigenvalue weighted by atomic mass is 35.5. The Morgan fingerprint density at radius 3 is 2.66 bits per heavy atom. The molecule has 2 saturated heterocycles. The summed E-state index contributed by atoms with van der Waals surface area (Å²) in [6.45, 7) is 1.67. The summed E-state index contributed by atoms with van der Waals surface area (Å²) in [5.41, 5.74) is 1.53. The van der Waals surface area contributed by atoms with E-state index < -0.39 is 5.82 Å². The molecule has 2 bridgehead atoms. The molecule has 4 heterocycles. The van der Waals surface area contributed by atoms with Gasteiger partial charge in [-0.25, -0.2) is 4.39 Å². The molecule has 3 aromatic carbocycles. The minimum absolute atomic E-state index is 0.0255. The van der Waals surface area contributed by atoms with Crippen molar-refractivity contribution in [3.8, 4) is 22.9 Å². The van der Waals surface area contributed by atoms with Gasteiger partial charge in [0.05, 0.1) is 10.7 Å². The molecule has 2 aliphatic heterocycles. The zero-order valence-corrected chi connectivity index (χ0v) is 21.0. The van der Waals surface area contributed by atoms with E-state index in [1.165, 1.54) is 6.07 Å². The molecule has 0 radical (unpaired) electrons. The summed E-state index contributed by atoms with van der Waals surface area (Å²) < 4.78 is 22.4. The number of aromatic nitrogens is 4. The van der Waals surface area contributed by atoms with Crippen LogP contribution in [0.1, 0.15) is 18.5 Å². The number of rotatable bonds is 5. The Hall–Kier alpha value is -3.95. The smallest absolute Gasteiger partial charge is 0.319 e. The Kier molecular flexibility index (Phi) is 5.56. The van der Waals surface area contributed by atoms with Crippen LogP contribution >= 0.6 is 11.6 Å². The second-order valence-electron chi connectivity index (χ2n) is 9.90. The molecule has 10 heteroatoms. The van der Waals surface area contributed by atoms with Gasteiger partial charge < -0.3 is 20.1 Å². The van der Waals surface area contributed by atoms with Crippen molar-refractivity contribution in [2.24, 2.45) is 0 Å². The number of hydrogen-bond acceptors (Lipinski definition) is 7. The van der Waals surface area contributed by atoms with Gasteiger partial charge in [0.25, 0.3) is 0 Å². The molecule has 2 aliphatic rings. The number of aromatic amines is 1. The first-order chi connectivity index (χ1) is 18.5. The SMILES string of the molecule is Oc1cc(-c2c(Cl)cc3c(N4CC5CCC(C4)N5)nc(OCc4ccn[nH]4)nc3c2F)c2ccccc2c1. The van der Waals surface area contributed by atoms with Crippen molar-refractivity contribution in [2.75, 3.05) is 18.0 Å². The average Bonchev–Trinajstić information content (AvgIpc) is 3.56. The summed E-state index contributed by atoms with van der Waals surface area (Å²) in [4.78, 5) is 11.4. The van der Waals surface area contributed by atoms with E-state index in [-0.39, 0.29) is 34.5 Å². The summed E-state index contributed by atoms with van der Waals surface area (Å²) in [6.07, 6.45) is 3.82. The maximum absolute atomic E-state index is 16.5. The molecule has 0 amide bonds. The van der Waals surface area contributed by atoms with E-state index in [1.807, 2.05) is 24.3 Å². The number of anilines is 1. The number of phenols is 1. The van der Waals surface area contributed by atoms with Crippen LogP contribution in [0.5, 0.6) is 11.8 Å². The highest BCUT2D eigenvalue weighted by Crippen LogP contribution is 2.42. The molecule has 0 saturated carbocycles. The van der Waals surface area contributed by atoms with Crippen LogP contribution in [0.25, 0.3) is 32.8 Å². The number of nitrogens with zero attached hydrogens (tertiary/aromatic N) is 4. The molecule has 2 atom stereocenters. The summed E-state index contributed by atoms with van der Waals surface area (Å²) in [6, 6.07) is 15.0. The predicted molar refractivity (Wildman–Crippen MR) is 144 cm³/mol. The van der Waals surface area contributed by atoms with Crippen LogP contribution in [0.2, 0.25) is 5.02 Å². The van der Waals surface area contributed by atoms with Crippen LogP contribution in [0, 0.1) is 5.82 Å². The van der Waals surface area contributed by atoms with Crippen molar-refractivity contribution in [3.05, 3.63) is 71.3 Å². The number of aromatic hydroxyl groups is 1. The third kappa shape index (κ3) is 3.99. The van der Waals surface area contributed by atoms with E-state index >= 15 is 4.39 Å². The average molecular weight is 531 g/mol. The fourth-order valence-electron chi connectivity index (χ4n) is 5.69. The van der Waals surface area contributed by atoms with Crippen molar-refractivity contribution in [3.63, 3.8) is 0 Å². The number of hydrogen-bond donors (Lipinski definition) is 3. The van der Waals surface area contributed by atoms with E-state index in [9.17, 15) is 5.11 Å². The van der Waals surface area contributed by atoms with Gasteiger partial charge in [0, 0.05) is 42.3 Å². The van der Waals surface area contributed by atoms with Gasteiger partial charge in [-0.1, -0.05) is 35.9 Å². The number of nitrogens with one attached hydrogen (secondary N) is 2. The van der Waals surface area contributed by atoms with E-state index in [2.05, 4.69) is 25.4 Å². The molecule has 7 rings (SSSR count). The number of fused-ring (bicyclic) bond motifs is 4. The number of halogens is 2. The molecule has 2 unspecified atom stereocenters. The number of piperazine rings is 1. The fourth-order valence-corrected chi connectivity index (χ4v) is 5.99. The van der Waals surface area contributed by atoms with Crippen molar-refractivity contribution < 1.29 is 14.2 Å². The van der Waals surface area contributed by atoms with Crippen LogP contribution in [0.4, 0.5) is 10.2 Å². The number of ether oxygens (including phenoxy) is 1. The second kappa shape index (κ2) is 9.11. The highest BCUT2D eigenvalue weighted by molar-refractivity contribution is 6.35. The Morgan fingerprint density at radius 1 is 1.05 bits per heavy atom. The standard InChI is InChI=1S/C28H24ClFN6O2/c29-23-11-22-26(25(30)24(23)21-10-19(37)9-15-3-1-2-4-20(15)21)33-28(38-14-18-7-8-31-35-18)34-27(22)36-12-16-5-6-17(13-36)32-16/h1-4,7-11,16-17,32,37H,5-6,12-14H2,(H,31,35). The molecule has 8 nitrogen and oxygen atoms in total. The van der Waals surface area contributed by atoms with Crippen LogP contribution in [0.3, 0.4) is 0 Å². The number of benzene rings is 3. The molecule has 192 valence electrons. The molecule has 0 aliphatic carbocycles. The first kappa shape index (κ1) is 23.2. The lowest BCUT2D eigenvalue weighted by Crippen LogP contribution is -2.51. The van der Waals surface area contributed by atoms with Crippen molar-refractivity contribution in [2.45, 2.75) is 31.5 Å². The van der Waals surface area contributed by atoms with Gasteiger partial charge in [-0.15, -0.1) is 0 Å². The lowest BCUT2D eigenvalue weighted by molar-refractivity contribution is 0.277. The number of phenolic OH excluding ortho intramolecular Hbond substituents is 1. The summed E-state index contributed by atoms with van der Waals surface area (Å²) in [5.74, 6) is 0.0371. The molecule has 3 N–H and O–H groups in total. The summed E-state index contributed by atoms with van der Waals surface area (Å²) >= 11 is 6.79. The monoisotopic (exact) mass is 530 g/mol. The van der Waals surface area contributed by atoms with E-state index in [1.54, 1.807) is 24.4 Å². The topological polar surface area (TPSA) is 99.2 Å². The first-order valence-corrected chi connectivity index (χ1v) is 12.9. The van der Waals surface area contributed by atoms with E-state index in [0.717, 1.165) is 42.4 Å². The van der Waals surface area contributed by atoms with Gasteiger partial charge >= 0.3 is 6.01 Å². The maximum atomic E-state index is 16.5. The fraction of sp³-hybridized carbons (Fsp3) is 0.250. The maximum Gasteiger partial charge on any atom is 0.319 e. The largest absolute Gasteiger partial charge is 0.508 e. The molecule has 5 aromatic rings. The van der Waals surface area contributed by atoms with Gasteiger partial charge in [-0.2, -0.15) is 15.1 Å². The van der Waals surface area contributed by atoms with Gasteiger partial charge in [-0.05, 0) is 53.4 Å². The highest BCUT2D eigenvalue weighted by Gasteiger charge is 2.34. The van der Waals surface area contributed by atoms with Gasteiger partial charge in [0.2, 0.25) is 0 Å². The minimum Gasteiger partial charge on any atom is -0.508 e.